The van der Waals surface area contributed by atoms with Crippen LogP contribution >= 0.6 is 0 Å². The van der Waals surface area contributed by atoms with Crippen LogP contribution in [0.5, 0.6) is 0 Å². The van der Waals surface area contributed by atoms with E-state index in [1.54, 1.807) is 0 Å². The van der Waals surface area contributed by atoms with Crippen molar-refractivity contribution >= 4 is 0 Å². The molecule has 1 aliphatic rings. The second-order valence-corrected chi connectivity index (χ2v) is 5.80. The van der Waals surface area contributed by atoms with Gasteiger partial charge in [0.1, 0.15) is 0 Å². The number of rotatable bonds is 8. The van der Waals surface area contributed by atoms with E-state index in [9.17, 15) is 0 Å². The van der Waals surface area contributed by atoms with Crippen LogP contribution in [-0.2, 0) is 6.54 Å². The second kappa shape index (κ2) is 8.42. The lowest BCUT2D eigenvalue weighted by molar-refractivity contribution is 0.272. The Morgan fingerprint density at radius 3 is 2.80 bits per heavy atom. The summed E-state index contributed by atoms with van der Waals surface area (Å²) in [5.41, 5.74) is 1.22. The average Bonchev–Trinajstić information content (AvgIpc) is 2.96. The van der Waals surface area contributed by atoms with Crippen molar-refractivity contribution in [3.63, 3.8) is 0 Å². The van der Waals surface area contributed by atoms with E-state index in [1.807, 2.05) is 0 Å². The molecule has 0 radical (unpaired) electrons. The third kappa shape index (κ3) is 4.60. The summed E-state index contributed by atoms with van der Waals surface area (Å²) in [5, 5.41) is 8.19. The zero-order valence-electron chi connectivity index (χ0n) is 13.1. The first-order valence-electron chi connectivity index (χ1n) is 8.30. The van der Waals surface area contributed by atoms with E-state index in [-0.39, 0.29) is 0 Å². The van der Waals surface area contributed by atoms with Crippen LogP contribution in [0.25, 0.3) is 0 Å². The Morgan fingerprint density at radius 1 is 1.30 bits per heavy atom. The van der Waals surface area contributed by atoms with Crippen molar-refractivity contribution in [3.8, 4) is 0 Å². The van der Waals surface area contributed by atoms with Crippen molar-refractivity contribution in [2.45, 2.75) is 58.5 Å². The summed E-state index contributed by atoms with van der Waals surface area (Å²) < 4.78 is 2.21. The van der Waals surface area contributed by atoms with E-state index in [0.29, 0.717) is 6.04 Å². The molecule has 20 heavy (non-hydrogen) atoms. The van der Waals surface area contributed by atoms with Gasteiger partial charge in [-0.15, -0.1) is 0 Å². The molecular weight excluding hydrogens is 248 g/mol. The quantitative estimate of drug-likeness (QED) is 0.742. The van der Waals surface area contributed by atoms with Crippen molar-refractivity contribution in [2.24, 2.45) is 0 Å². The molecule has 1 aliphatic carbocycles. The highest BCUT2D eigenvalue weighted by Crippen LogP contribution is 2.27. The van der Waals surface area contributed by atoms with Gasteiger partial charge in [0.05, 0.1) is 11.7 Å². The lowest BCUT2D eigenvalue weighted by Crippen LogP contribution is -2.31. The lowest BCUT2D eigenvalue weighted by atomic mass is 9.96. The summed E-state index contributed by atoms with van der Waals surface area (Å²) in [6.07, 6.45) is 8.92. The van der Waals surface area contributed by atoms with Crippen LogP contribution in [-0.4, -0.2) is 40.9 Å². The molecule has 1 fully saturated rings. The number of nitrogens with one attached hydrogen (secondary N) is 1. The number of likely N-dealkylation sites (N-methyl/N-ethyl adjacent to an activating group) is 2. The number of hydrogen-bond acceptors (Lipinski definition) is 3. The topological polar surface area (TPSA) is 33.1 Å². The van der Waals surface area contributed by atoms with Crippen LogP contribution in [0.4, 0.5) is 0 Å². The second-order valence-electron chi connectivity index (χ2n) is 5.80. The SMILES string of the molecule is CCNCCN(CC)Cc1ccn(C2CCCCC2)n1. The Balaban J connectivity index is 1.84. The summed E-state index contributed by atoms with van der Waals surface area (Å²) in [6, 6.07) is 2.85. The maximum absolute atomic E-state index is 4.80. The minimum Gasteiger partial charge on any atom is -0.316 e. The van der Waals surface area contributed by atoms with Gasteiger partial charge >= 0.3 is 0 Å². The minimum absolute atomic E-state index is 0.648. The predicted molar refractivity (Wildman–Crippen MR) is 83.8 cm³/mol. The van der Waals surface area contributed by atoms with Gasteiger partial charge in [-0.2, -0.15) is 5.10 Å². The molecule has 1 saturated carbocycles. The van der Waals surface area contributed by atoms with Crippen molar-refractivity contribution in [1.29, 1.82) is 0 Å². The molecule has 114 valence electrons. The van der Waals surface area contributed by atoms with Gasteiger partial charge < -0.3 is 5.32 Å². The van der Waals surface area contributed by atoms with Crippen LogP contribution in [0.15, 0.2) is 12.3 Å². The minimum atomic E-state index is 0.648. The molecular formula is C16H30N4. The molecule has 1 heterocycles. The molecule has 0 atom stereocenters. The van der Waals surface area contributed by atoms with Crippen LogP contribution in [0.3, 0.4) is 0 Å². The first kappa shape index (κ1) is 15.5. The van der Waals surface area contributed by atoms with E-state index in [0.717, 1.165) is 32.7 Å². The van der Waals surface area contributed by atoms with Gasteiger partial charge in [0, 0.05) is 25.8 Å². The molecule has 2 rings (SSSR count). The highest BCUT2D eigenvalue weighted by molar-refractivity contribution is 5.00. The highest BCUT2D eigenvalue weighted by atomic mass is 15.3. The van der Waals surface area contributed by atoms with Gasteiger partial charge in [-0.1, -0.05) is 33.1 Å². The van der Waals surface area contributed by atoms with E-state index in [2.05, 4.69) is 41.0 Å². The Labute approximate surface area is 123 Å². The first-order chi connectivity index (χ1) is 9.83. The maximum Gasteiger partial charge on any atom is 0.0764 e. The fourth-order valence-electron chi connectivity index (χ4n) is 3.00. The first-order valence-corrected chi connectivity index (χ1v) is 8.30. The number of aromatic nitrogens is 2. The molecule has 1 aromatic rings. The molecule has 0 aromatic carbocycles. The highest BCUT2D eigenvalue weighted by Gasteiger charge is 2.16. The van der Waals surface area contributed by atoms with Crippen molar-refractivity contribution in [2.75, 3.05) is 26.2 Å². The average molecular weight is 278 g/mol. The predicted octanol–water partition coefficient (Wildman–Crippen LogP) is 2.82. The summed E-state index contributed by atoms with van der Waals surface area (Å²) in [5.74, 6) is 0. The van der Waals surface area contributed by atoms with E-state index in [1.165, 1.54) is 37.8 Å². The van der Waals surface area contributed by atoms with Crippen molar-refractivity contribution in [3.05, 3.63) is 18.0 Å². The Morgan fingerprint density at radius 2 is 2.10 bits per heavy atom. The molecule has 0 bridgehead atoms. The molecule has 0 aliphatic heterocycles. The van der Waals surface area contributed by atoms with Crippen molar-refractivity contribution < 1.29 is 0 Å². The van der Waals surface area contributed by atoms with Crippen LogP contribution in [0, 0.1) is 0 Å². The summed E-state index contributed by atoms with van der Waals surface area (Å²) >= 11 is 0. The van der Waals surface area contributed by atoms with Gasteiger partial charge in [0.15, 0.2) is 0 Å². The largest absolute Gasteiger partial charge is 0.316 e. The Kier molecular flexibility index (Phi) is 6.54. The van der Waals surface area contributed by atoms with Gasteiger partial charge in [-0.3, -0.25) is 9.58 Å². The summed E-state index contributed by atoms with van der Waals surface area (Å²) in [7, 11) is 0. The normalized spacial score (nSPS) is 16.9. The molecule has 0 unspecified atom stereocenters. The zero-order chi connectivity index (χ0) is 14.2. The van der Waals surface area contributed by atoms with Crippen LogP contribution in [0.1, 0.15) is 57.7 Å². The van der Waals surface area contributed by atoms with Crippen molar-refractivity contribution in [1.82, 2.24) is 20.0 Å². The Bertz CT molecular complexity index is 368. The van der Waals surface area contributed by atoms with Crippen LogP contribution < -0.4 is 5.32 Å². The van der Waals surface area contributed by atoms with Crippen LogP contribution in [0.2, 0.25) is 0 Å². The lowest BCUT2D eigenvalue weighted by Gasteiger charge is -2.22. The third-order valence-electron chi connectivity index (χ3n) is 4.30. The van der Waals surface area contributed by atoms with E-state index < -0.39 is 0 Å². The smallest absolute Gasteiger partial charge is 0.0764 e. The molecule has 4 nitrogen and oxygen atoms in total. The van der Waals surface area contributed by atoms with Gasteiger partial charge in [-0.05, 0) is 32.0 Å². The van der Waals surface area contributed by atoms with E-state index >= 15 is 0 Å². The summed E-state index contributed by atoms with van der Waals surface area (Å²) in [6.45, 7) is 9.65. The summed E-state index contributed by atoms with van der Waals surface area (Å²) in [4.78, 5) is 2.45. The fourth-order valence-corrected chi connectivity index (χ4v) is 3.00. The molecule has 4 heteroatoms. The molecule has 1 aromatic heterocycles. The standard InChI is InChI=1S/C16H30N4/c1-3-17-11-13-19(4-2)14-15-10-12-20(18-15)16-8-6-5-7-9-16/h10,12,16-17H,3-9,11,13-14H2,1-2H3. The monoisotopic (exact) mass is 278 g/mol. The zero-order valence-corrected chi connectivity index (χ0v) is 13.1. The molecule has 0 amide bonds. The molecule has 0 spiro atoms. The fraction of sp³-hybridized carbons (Fsp3) is 0.812. The Hall–Kier alpha value is -0.870. The van der Waals surface area contributed by atoms with Gasteiger partial charge in [0.2, 0.25) is 0 Å². The van der Waals surface area contributed by atoms with E-state index in [4.69, 9.17) is 5.10 Å². The number of hydrogen-bond donors (Lipinski definition) is 1. The maximum atomic E-state index is 4.80. The van der Waals surface area contributed by atoms with Gasteiger partial charge in [-0.25, -0.2) is 0 Å². The molecule has 1 N–H and O–H groups in total. The number of nitrogens with zero attached hydrogens (tertiary/aromatic N) is 3. The molecule has 0 saturated heterocycles. The van der Waals surface area contributed by atoms with Gasteiger partial charge in [0.25, 0.3) is 0 Å². The third-order valence-corrected chi connectivity index (χ3v) is 4.30.